The van der Waals surface area contributed by atoms with Crippen molar-refractivity contribution in [2.45, 2.75) is 33.0 Å². The van der Waals surface area contributed by atoms with Crippen molar-refractivity contribution in [3.8, 4) is 0 Å². The third-order valence-electron chi connectivity index (χ3n) is 2.09. The standard InChI is InChI=1S/C11H15N3O/c1-11(2,3)15-7-8-5-4-6-9-10(8)13-14-12-9/h4-6H,7H2,1-3H3,(H,12,13,14). The molecule has 0 aliphatic rings. The van der Waals surface area contributed by atoms with Gasteiger partial charge in [0.2, 0.25) is 0 Å². The Kier molecular flexibility index (Phi) is 2.44. The van der Waals surface area contributed by atoms with Gasteiger partial charge < -0.3 is 4.74 Å². The molecular weight excluding hydrogens is 190 g/mol. The first-order valence-electron chi connectivity index (χ1n) is 4.98. The van der Waals surface area contributed by atoms with Gasteiger partial charge in [0.05, 0.1) is 12.2 Å². The third kappa shape index (κ3) is 2.33. The van der Waals surface area contributed by atoms with E-state index in [1.54, 1.807) is 0 Å². The molecule has 2 rings (SSSR count). The van der Waals surface area contributed by atoms with Gasteiger partial charge in [-0.05, 0) is 26.8 Å². The number of hydrogen-bond donors (Lipinski definition) is 1. The number of rotatable bonds is 2. The molecule has 1 heterocycles. The van der Waals surface area contributed by atoms with Crippen LogP contribution in [0.3, 0.4) is 0 Å². The molecule has 1 aromatic carbocycles. The minimum absolute atomic E-state index is 0.133. The summed E-state index contributed by atoms with van der Waals surface area (Å²) in [6.45, 7) is 6.68. The number of hydrogen-bond acceptors (Lipinski definition) is 3. The minimum atomic E-state index is -0.133. The van der Waals surface area contributed by atoms with Gasteiger partial charge in [0.15, 0.2) is 0 Å². The van der Waals surface area contributed by atoms with Crippen LogP contribution in [0.15, 0.2) is 18.2 Å². The summed E-state index contributed by atoms with van der Waals surface area (Å²) >= 11 is 0. The summed E-state index contributed by atoms with van der Waals surface area (Å²) in [7, 11) is 0. The Bertz CT molecular complexity index is 456. The van der Waals surface area contributed by atoms with Gasteiger partial charge in [0.25, 0.3) is 0 Å². The molecule has 1 N–H and O–H groups in total. The van der Waals surface area contributed by atoms with Gasteiger partial charge in [-0.25, -0.2) is 0 Å². The maximum atomic E-state index is 5.71. The van der Waals surface area contributed by atoms with E-state index in [1.165, 1.54) is 0 Å². The Morgan fingerprint density at radius 3 is 2.80 bits per heavy atom. The largest absolute Gasteiger partial charge is 0.371 e. The summed E-state index contributed by atoms with van der Waals surface area (Å²) < 4.78 is 5.71. The highest BCUT2D eigenvalue weighted by Gasteiger charge is 2.12. The van der Waals surface area contributed by atoms with E-state index in [0.29, 0.717) is 6.61 Å². The van der Waals surface area contributed by atoms with E-state index in [0.717, 1.165) is 16.6 Å². The van der Waals surface area contributed by atoms with Crippen molar-refractivity contribution in [2.75, 3.05) is 0 Å². The zero-order chi connectivity index (χ0) is 10.9. The Morgan fingerprint density at radius 1 is 1.27 bits per heavy atom. The fourth-order valence-corrected chi connectivity index (χ4v) is 1.34. The van der Waals surface area contributed by atoms with Crippen molar-refractivity contribution in [3.63, 3.8) is 0 Å². The zero-order valence-corrected chi connectivity index (χ0v) is 9.24. The van der Waals surface area contributed by atoms with Crippen LogP contribution in [0.2, 0.25) is 0 Å². The lowest BCUT2D eigenvalue weighted by Gasteiger charge is -2.19. The van der Waals surface area contributed by atoms with Crippen LogP contribution in [0.25, 0.3) is 11.0 Å². The summed E-state index contributed by atoms with van der Waals surface area (Å²) in [4.78, 5) is 0. The SMILES string of the molecule is CC(C)(C)OCc1cccc2n[nH]nc12. The summed E-state index contributed by atoms with van der Waals surface area (Å²) in [5, 5.41) is 10.8. The van der Waals surface area contributed by atoms with E-state index in [-0.39, 0.29) is 5.60 Å². The van der Waals surface area contributed by atoms with Crippen LogP contribution >= 0.6 is 0 Å². The van der Waals surface area contributed by atoms with Crippen molar-refractivity contribution in [1.82, 2.24) is 15.4 Å². The van der Waals surface area contributed by atoms with E-state index < -0.39 is 0 Å². The first kappa shape index (κ1) is 10.1. The number of benzene rings is 1. The number of aromatic nitrogens is 3. The second-order valence-corrected chi connectivity index (χ2v) is 4.51. The molecule has 0 amide bonds. The number of para-hydroxylation sites is 1. The van der Waals surface area contributed by atoms with E-state index >= 15 is 0 Å². The number of aromatic amines is 1. The summed E-state index contributed by atoms with van der Waals surface area (Å²) in [6.07, 6.45) is 0. The van der Waals surface area contributed by atoms with Crippen LogP contribution < -0.4 is 0 Å². The predicted molar refractivity (Wildman–Crippen MR) is 58.4 cm³/mol. The lowest BCUT2D eigenvalue weighted by Crippen LogP contribution is -2.18. The van der Waals surface area contributed by atoms with Crippen molar-refractivity contribution < 1.29 is 4.74 Å². The van der Waals surface area contributed by atoms with E-state index in [2.05, 4.69) is 15.4 Å². The number of ether oxygens (including phenoxy) is 1. The maximum Gasteiger partial charge on any atom is 0.118 e. The second-order valence-electron chi connectivity index (χ2n) is 4.51. The van der Waals surface area contributed by atoms with Crippen LogP contribution in [0.5, 0.6) is 0 Å². The Morgan fingerprint density at radius 2 is 2.07 bits per heavy atom. The molecule has 4 heteroatoms. The normalized spacial score (nSPS) is 12.2. The van der Waals surface area contributed by atoms with Crippen LogP contribution in [0.1, 0.15) is 26.3 Å². The summed E-state index contributed by atoms with van der Waals surface area (Å²) in [5.74, 6) is 0. The molecule has 0 unspecified atom stereocenters. The van der Waals surface area contributed by atoms with E-state index in [4.69, 9.17) is 4.74 Å². The number of H-pyrrole nitrogens is 1. The molecule has 0 spiro atoms. The molecule has 0 saturated carbocycles. The third-order valence-corrected chi connectivity index (χ3v) is 2.09. The van der Waals surface area contributed by atoms with Crippen molar-refractivity contribution >= 4 is 11.0 Å². The Labute approximate surface area is 88.6 Å². The van der Waals surface area contributed by atoms with Gasteiger partial charge in [-0.2, -0.15) is 15.4 Å². The van der Waals surface area contributed by atoms with Crippen molar-refractivity contribution in [1.29, 1.82) is 0 Å². The first-order chi connectivity index (χ1) is 7.06. The van der Waals surface area contributed by atoms with Gasteiger partial charge in [-0.1, -0.05) is 12.1 Å². The second kappa shape index (κ2) is 3.62. The van der Waals surface area contributed by atoms with Gasteiger partial charge in [0.1, 0.15) is 11.0 Å². The molecule has 15 heavy (non-hydrogen) atoms. The molecule has 0 aliphatic carbocycles. The quantitative estimate of drug-likeness (QED) is 0.818. The van der Waals surface area contributed by atoms with Crippen LogP contribution in [0.4, 0.5) is 0 Å². The van der Waals surface area contributed by atoms with E-state index in [9.17, 15) is 0 Å². The van der Waals surface area contributed by atoms with Crippen molar-refractivity contribution in [2.24, 2.45) is 0 Å². The summed E-state index contributed by atoms with van der Waals surface area (Å²) in [6, 6.07) is 5.90. The van der Waals surface area contributed by atoms with Crippen LogP contribution in [-0.2, 0) is 11.3 Å². The number of nitrogens with one attached hydrogen (secondary N) is 1. The highest BCUT2D eigenvalue weighted by molar-refractivity contribution is 5.76. The average Bonchev–Trinajstić information content (AvgIpc) is 2.61. The molecule has 1 aromatic heterocycles. The van der Waals surface area contributed by atoms with Crippen LogP contribution in [-0.4, -0.2) is 21.0 Å². The van der Waals surface area contributed by atoms with Gasteiger partial charge >= 0.3 is 0 Å². The zero-order valence-electron chi connectivity index (χ0n) is 9.24. The lowest BCUT2D eigenvalue weighted by molar-refractivity contribution is -0.0144. The van der Waals surface area contributed by atoms with Crippen molar-refractivity contribution in [3.05, 3.63) is 23.8 Å². The molecule has 0 atom stereocenters. The molecule has 0 saturated heterocycles. The molecular formula is C11H15N3O. The van der Waals surface area contributed by atoms with Gasteiger partial charge in [-0.3, -0.25) is 0 Å². The first-order valence-corrected chi connectivity index (χ1v) is 4.98. The van der Waals surface area contributed by atoms with Gasteiger partial charge in [-0.15, -0.1) is 0 Å². The van der Waals surface area contributed by atoms with E-state index in [1.807, 2.05) is 39.0 Å². The Hall–Kier alpha value is -1.42. The highest BCUT2D eigenvalue weighted by atomic mass is 16.5. The Balaban J connectivity index is 2.24. The van der Waals surface area contributed by atoms with Gasteiger partial charge in [0, 0.05) is 5.56 Å². The lowest BCUT2D eigenvalue weighted by atomic mass is 10.1. The fraction of sp³-hybridized carbons (Fsp3) is 0.455. The molecule has 0 fully saturated rings. The highest BCUT2D eigenvalue weighted by Crippen LogP contribution is 2.17. The minimum Gasteiger partial charge on any atom is -0.371 e. The molecule has 2 aromatic rings. The molecule has 0 radical (unpaired) electrons. The number of fused-ring (bicyclic) bond motifs is 1. The monoisotopic (exact) mass is 205 g/mol. The summed E-state index contributed by atoms with van der Waals surface area (Å²) in [5.41, 5.74) is 2.70. The molecule has 0 bridgehead atoms. The molecule has 0 aliphatic heterocycles. The topological polar surface area (TPSA) is 50.8 Å². The average molecular weight is 205 g/mol. The number of nitrogens with zero attached hydrogens (tertiary/aromatic N) is 2. The predicted octanol–water partition coefficient (Wildman–Crippen LogP) is 2.27. The smallest absolute Gasteiger partial charge is 0.118 e. The molecule has 80 valence electrons. The maximum absolute atomic E-state index is 5.71. The molecule has 4 nitrogen and oxygen atoms in total. The van der Waals surface area contributed by atoms with Crippen LogP contribution in [0, 0.1) is 0 Å². The fourth-order valence-electron chi connectivity index (χ4n) is 1.34.